The summed E-state index contributed by atoms with van der Waals surface area (Å²) in [5.74, 6) is -3.27. The van der Waals surface area contributed by atoms with Crippen molar-refractivity contribution in [2.45, 2.75) is 43.0 Å². The first kappa shape index (κ1) is 27.2. The van der Waals surface area contributed by atoms with E-state index in [4.69, 9.17) is 15.6 Å². The molecule has 30 heavy (non-hydrogen) atoms. The SMILES string of the molecule is CC(C)S(=O)(=O)c1ccc(NC(=O)N(C)C)cc1CCC(N)=O.O=C(O)C(F)(F)F. The van der Waals surface area contributed by atoms with Gasteiger partial charge in [0, 0.05) is 26.2 Å². The molecule has 170 valence electrons. The van der Waals surface area contributed by atoms with E-state index < -0.39 is 33.1 Å². The summed E-state index contributed by atoms with van der Waals surface area (Å²) in [7, 11) is -0.296. The lowest BCUT2D eigenvalue weighted by molar-refractivity contribution is -0.192. The van der Waals surface area contributed by atoms with Crippen LogP contribution < -0.4 is 11.1 Å². The van der Waals surface area contributed by atoms with Gasteiger partial charge in [0.25, 0.3) is 0 Å². The molecule has 0 unspecified atom stereocenters. The van der Waals surface area contributed by atoms with E-state index in [1.54, 1.807) is 34.0 Å². The van der Waals surface area contributed by atoms with E-state index in [9.17, 15) is 31.2 Å². The Kier molecular flexibility index (Phi) is 9.79. The fourth-order valence-corrected chi connectivity index (χ4v) is 3.17. The van der Waals surface area contributed by atoms with E-state index in [0.29, 0.717) is 11.3 Å². The molecule has 0 aromatic heterocycles. The lowest BCUT2D eigenvalue weighted by Gasteiger charge is -2.16. The largest absolute Gasteiger partial charge is 0.490 e. The minimum atomic E-state index is -5.08. The maximum atomic E-state index is 12.4. The third-order valence-corrected chi connectivity index (χ3v) is 5.78. The first-order valence-electron chi connectivity index (χ1n) is 8.43. The van der Waals surface area contributed by atoms with Gasteiger partial charge in [0.1, 0.15) is 0 Å². The number of carboxylic acids is 1. The van der Waals surface area contributed by atoms with E-state index in [1.165, 1.54) is 17.0 Å². The Labute approximate surface area is 172 Å². The standard InChI is InChI=1S/C15H23N3O4S.C2HF3O2/c1-10(2)23(21,22)13-7-6-12(17-15(20)18(3)4)9-11(13)5-8-14(16)19;3-2(4,5)1(6)7/h6-7,9-10H,5,8H2,1-4H3,(H2,16,19)(H,17,20);(H,6,7). The predicted molar refractivity (Wildman–Crippen MR) is 103 cm³/mol. The van der Waals surface area contributed by atoms with Crippen LogP contribution in [0, 0.1) is 0 Å². The first-order valence-corrected chi connectivity index (χ1v) is 9.98. The number of carbonyl (C=O) groups excluding carboxylic acids is 2. The zero-order chi connectivity index (χ0) is 23.9. The number of aryl methyl sites for hydroxylation is 1. The van der Waals surface area contributed by atoms with Crippen molar-refractivity contribution in [1.29, 1.82) is 0 Å². The molecule has 4 N–H and O–H groups in total. The zero-order valence-corrected chi connectivity index (χ0v) is 17.6. The molecule has 0 aliphatic heterocycles. The maximum absolute atomic E-state index is 12.4. The van der Waals surface area contributed by atoms with Gasteiger partial charge in [-0.15, -0.1) is 0 Å². The van der Waals surface area contributed by atoms with E-state index in [-0.39, 0.29) is 23.8 Å². The minimum Gasteiger partial charge on any atom is -0.475 e. The molecule has 13 heteroatoms. The van der Waals surface area contributed by atoms with Crippen LogP contribution >= 0.6 is 0 Å². The van der Waals surface area contributed by atoms with Crippen molar-refractivity contribution in [3.63, 3.8) is 0 Å². The Balaban J connectivity index is 0.00000103. The van der Waals surface area contributed by atoms with Crippen LogP contribution in [0.2, 0.25) is 0 Å². The van der Waals surface area contributed by atoms with Gasteiger partial charge in [0.05, 0.1) is 10.1 Å². The molecule has 0 fully saturated rings. The summed E-state index contributed by atoms with van der Waals surface area (Å²) >= 11 is 0. The lowest BCUT2D eigenvalue weighted by atomic mass is 10.1. The molecule has 0 aliphatic carbocycles. The molecule has 3 amide bonds. The van der Waals surface area contributed by atoms with E-state index in [0.717, 1.165) is 0 Å². The van der Waals surface area contributed by atoms with Gasteiger partial charge in [-0.3, -0.25) is 4.79 Å². The number of primary amides is 1. The van der Waals surface area contributed by atoms with Crippen molar-refractivity contribution < 1.29 is 41.1 Å². The number of benzene rings is 1. The lowest BCUT2D eigenvalue weighted by Crippen LogP contribution is -2.27. The number of hydrogen-bond donors (Lipinski definition) is 3. The second-order valence-corrected chi connectivity index (χ2v) is 8.98. The summed E-state index contributed by atoms with van der Waals surface area (Å²) in [6, 6.07) is 4.23. The third kappa shape index (κ3) is 8.68. The van der Waals surface area contributed by atoms with Crippen molar-refractivity contribution >= 4 is 33.4 Å². The molecule has 1 rings (SSSR count). The quantitative estimate of drug-likeness (QED) is 0.598. The average Bonchev–Trinajstić information content (AvgIpc) is 2.59. The summed E-state index contributed by atoms with van der Waals surface area (Å²) in [6.45, 7) is 3.18. The van der Waals surface area contributed by atoms with Crippen LogP contribution in [0.1, 0.15) is 25.8 Å². The number of nitrogens with one attached hydrogen (secondary N) is 1. The topological polar surface area (TPSA) is 147 Å². The smallest absolute Gasteiger partial charge is 0.475 e. The summed E-state index contributed by atoms with van der Waals surface area (Å²) in [6.07, 6.45) is -4.85. The van der Waals surface area contributed by atoms with Crippen LogP contribution in [0.25, 0.3) is 0 Å². The van der Waals surface area contributed by atoms with Crippen LogP contribution in [0.4, 0.5) is 23.7 Å². The van der Waals surface area contributed by atoms with Crippen molar-refractivity contribution in [2.75, 3.05) is 19.4 Å². The second kappa shape index (κ2) is 10.8. The van der Waals surface area contributed by atoms with Gasteiger partial charge >= 0.3 is 18.2 Å². The molecule has 0 saturated heterocycles. The Bertz CT molecular complexity index is 883. The van der Waals surface area contributed by atoms with Gasteiger partial charge in [0.2, 0.25) is 5.91 Å². The second-order valence-electron chi connectivity index (χ2n) is 6.51. The van der Waals surface area contributed by atoms with Crippen LogP contribution in [-0.2, 0) is 25.8 Å². The number of hydrogen-bond acceptors (Lipinski definition) is 5. The number of carboxylic acid groups (broad SMARTS) is 1. The number of urea groups is 1. The van der Waals surface area contributed by atoms with E-state index in [1.807, 2.05) is 0 Å². The monoisotopic (exact) mass is 455 g/mol. The van der Waals surface area contributed by atoms with Gasteiger partial charge in [-0.25, -0.2) is 18.0 Å². The van der Waals surface area contributed by atoms with Crippen molar-refractivity contribution in [3.8, 4) is 0 Å². The van der Waals surface area contributed by atoms with Gasteiger partial charge in [0.15, 0.2) is 9.84 Å². The van der Waals surface area contributed by atoms with Crippen LogP contribution in [0.3, 0.4) is 0 Å². The number of anilines is 1. The maximum Gasteiger partial charge on any atom is 0.490 e. The van der Waals surface area contributed by atoms with E-state index in [2.05, 4.69) is 5.32 Å². The van der Waals surface area contributed by atoms with E-state index >= 15 is 0 Å². The number of amides is 3. The Hall–Kier alpha value is -2.83. The van der Waals surface area contributed by atoms with Crippen molar-refractivity contribution in [3.05, 3.63) is 23.8 Å². The third-order valence-electron chi connectivity index (χ3n) is 3.53. The number of carbonyl (C=O) groups is 3. The highest BCUT2D eigenvalue weighted by Gasteiger charge is 2.38. The molecule has 0 spiro atoms. The van der Waals surface area contributed by atoms with Gasteiger partial charge in [-0.2, -0.15) is 13.2 Å². The number of rotatable bonds is 6. The molecule has 0 radical (unpaired) electrons. The average molecular weight is 455 g/mol. The number of sulfone groups is 1. The number of halogens is 3. The predicted octanol–water partition coefficient (Wildman–Crippen LogP) is 2.01. The molecule has 0 saturated carbocycles. The summed E-state index contributed by atoms with van der Waals surface area (Å²) < 4.78 is 56.6. The fraction of sp³-hybridized carbons (Fsp3) is 0.471. The van der Waals surface area contributed by atoms with Crippen molar-refractivity contribution in [2.24, 2.45) is 5.73 Å². The highest BCUT2D eigenvalue weighted by Crippen LogP contribution is 2.25. The molecular weight excluding hydrogens is 431 g/mol. The summed E-state index contributed by atoms with van der Waals surface area (Å²) in [5.41, 5.74) is 6.08. The Morgan fingerprint density at radius 2 is 1.70 bits per heavy atom. The van der Waals surface area contributed by atoms with Gasteiger partial charge in [-0.05, 0) is 44.0 Å². The fourth-order valence-electron chi connectivity index (χ4n) is 1.88. The summed E-state index contributed by atoms with van der Waals surface area (Å²) in [4.78, 5) is 33.1. The number of aliphatic carboxylic acids is 1. The molecule has 0 bridgehead atoms. The summed E-state index contributed by atoms with van der Waals surface area (Å²) in [5, 5.41) is 9.19. The normalized spacial score (nSPS) is 11.3. The first-order chi connectivity index (χ1) is 13.5. The highest BCUT2D eigenvalue weighted by atomic mass is 32.2. The Morgan fingerprint density at radius 1 is 1.20 bits per heavy atom. The number of nitrogens with zero attached hydrogens (tertiary/aromatic N) is 1. The minimum absolute atomic E-state index is 0.0334. The van der Waals surface area contributed by atoms with Crippen LogP contribution in [0.15, 0.2) is 23.1 Å². The molecule has 1 aromatic carbocycles. The van der Waals surface area contributed by atoms with Gasteiger partial charge < -0.3 is 21.1 Å². The molecule has 9 nitrogen and oxygen atoms in total. The molecule has 0 heterocycles. The zero-order valence-electron chi connectivity index (χ0n) is 16.8. The number of nitrogens with two attached hydrogens (primary N) is 1. The molecule has 1 aromatic rings. The molecular formula is C17H24F3N3O6S. The molecule has 0 aliphatic rings. The Morgan fingerprint density at radius 3 is 2.07 bits per heavy atom. The number of alkyl halides is 3. The van der Waals surface area contributed by atoms with Gasteiger partial charge in [-0.1, -0.05) is 0 Å². The van der Waals surface area contributed by atoms with Crippen molar-refractivity contribution in [1.82, 2.24) is 4.90 Å². The van der Waals surface area contributed by atoms with Crippen LogP contribution in [0.5, 0.6) is 0 Å². The van der Waals surface area contributed by atoms with Crippen LogP contribution in [-0.4, -0.2) is 61.9 Å². The molecule has 0 atom stereocenters. The highest BCUT2D eigenvalue weighted by molar-refractivity contribution is 7.92.